The van der Waals surface area contributed by atoms with Crippen LogP contribution < -0.4 is 0 Å². The van der Waals surface area contributed by atoms with Gasteiger partial charge in [-0.3, -0.25) is 0 Å². The lowest BCUT2D eigenvalue weighted by Gasteiger charge is -2.17. The van der Waals surface area contributed by atoms with Crippen molar-refractivity contribution in [2.75, 3.05) is 6.26 Å². The van der Waals surface area contributed by atoms with Gasteiger partial charge in [-0.05, 0) is 31.5 Å². The van der Waals surface area contributed by atoms with E-state index in [9.17, 15) is 8.42 Å². The van der Waals surface area contributed by atoms with Gasteiger partial charge in [-0.1, -0.05) is 21.1 Å². The number of hydrogen-bond donors (Lipinski definition) is 0. The molecule has 98 valence electrons. The lowest BCUT2D eigenvalue weighted by atomic mass is 10.00. The van der Waals surface area contributed by atoms with E-state index in [1.54, 1.807) is 12.1 Å². The Morgan fingerprint density at radius 1 is 1.39 bits per heavy atom. The van der Waals surface area contributed by atoms with Crippen molar-refractivity contribution in [2.45, 2.75) is 31.3 Å². The Labute approximate surface area is 115 Å². The maximum atomic E-state index is 11.8. The third-order valence-corrected chi connectivity index (χ3v) is 4.96. The van der Waals surface area contributed by atoms with E-state index in [1.807, 2.05) is 13.8 Å². The topological polar surface area (TPSA) is 55.7 Å². The standard InChI is InChI=1S/C12H14BrNO3S/c1-7-6-10(17-14-7)12-8(2)9(13)4-5-11(12)18(3,15)16/h4-5,10H,6H2,1-3H3. The molecule has 1 atom stereocenters. The van der Waals surface area contributed by atoms with Gasteiger partial charge in [-0.25, -0.2) is 8.42 Å². The van der Waals surface area contributed by atoms with E-state index in [1.165, 1.54) is 6.26 Å². The lowest BCUT2D eigenvalue weighted by molar-refractivity contribution is 0.0831. The zero-order valence-electron chi connectivity index (χ0n) is 10.4. The van der Waals surface area contributed by atoms with E-state index in [0.717, 1.165) is 15.7 Å². The van der Waals surface area contributed by atoms with Crippen molar-refractivity contribution in [3.8, 4) is 0 Å². The van der Waals surface area contributed by atoms with Crippen LogP contribution in [-0.4, -0.2) is 20.4 Å². The molecule has 1 aromatic rings. The van der Waals surface area contributed by atoms with Gasteiger partial charge in [0.2, 0.25) is 0 Å². The number of nitrogens with zero attached hydrogens (tertiary/aromatic N) is 1. The SMILES string of the molecule is CC1=NOC(c2c(S(C)(=O)=O)ccc(Br)c2C)C1. The van der Waals surface area contributed by atoms with Crippen molar-refractivity contribution in [3.63, 3.8) is 0 Å². The average molecular weight is 332 g/mol. The summed E-state index contributed by atoms with van der Waals surface area (Å²) in [6, 6.07) is 3.36. The van der Waals surface area contributed by atoms with Crippen LogP contribution in [0, 0.1) is 6.92 Å². The van der Waals surface area contributed by atoms with Crippen molar-refractivity contribution in [1.82, 2.24) is 0 Å². The highest BCUT2D eigenvalue weighted by molar-refractivity contribution is 9.10. The second-order valence-electron chi connectivity index (χ2n) is 4.48. The molecule has 0 aliphatic carbocycles. The Hall–Kier alpha value is -0.880. The average Bonchev–Trinajstić information content (AvgIpc) is 2.66. The van der Waals surface area contributed by atoms with Crippen LogP contribution in [0.25, 0.3) is 0 Å². The van der Waals surface area contributed by atoms with Crippen LogP contribution >= 0.6 is 15.9 Å². The molecule has 1 aliphatic heterocycles. The van der Waals surface area contributed by atoms with Crippen LogP contribution in [0.3, 0.4) is 0 Å². The highest BCUT2D eigenvalue weighted by atomic mass is 79.9. The van der Waals surface area contributed by atoms with E-state index in [-0.39, 0.29) is 6.10 Å². The minimum atomic E-state index is -3.28. The zero-order valence-corrected chi connectivity index (χ0v) is 12.8. The minimum absolute atomic E-state index is 0.313. The normalized spacial score (nSPS) is 19.6. The molecule has 1 aromatic carbocycles. The first-order valence-electron chi connectivity index (χ1n) is 5.49. The van der Waals surface area contributed by atoms with Crippen molar-refractivity contribution < 1.29 is 13.3 Å². The fraction of sp³-hybridized carbons (Fsp3) is 0.417. The highest BCUT2D eigenvalue weighted by Gasteiger charge is 2.28. The largest absolute Gasteiger partial charge is 0.387 e. The summed E-state index contributed by atoms with van der Waals surface area (Å²) < 4.78 is 24.6. The fourth-order valence-electron chi connectivity index (χ4n) is 2.05. The van der Waals surface area contributed by atoms with Gasteiger partial charge in [0.25, 0.3) is 0 Å². The summed E-state index contributed by atoms with van der Waals surface area (Å²) in [6.45, 7) is 3.75. The van der Waals surface area contributed by atoms with Crippen LogP contribution in [0.5, 0.6) is 0 Å². The highest BCUT2D eigenvalue weighted by Crippen LogP contribution is 2.36. The second-order valence-corrected chi connectivity index (χ2v) is 7.32. The Balaban J connectivity index is 2.60. The molecule has 1 aliphatic rings. The molecule has 1 heterocycles. The predicted octanol–water partition coefficient (Wildman–Crippen LogP) is 3.00. The molecule has 18 heavy (non-hydrogen) atoms. The molecular formula is C12H14BrNO3S. The van der Waals surface area contributed by atoms with Crippen molar-refractivity contribution in [1.29, 1.82) is 0 Å². The number of hydrogen-bond acceptors (Lipinski definition) is 4. The lowest BCUT2D eigenvalue weighted by Crippen LogP contribution is -2.09. The molecule has 4 nitrogen and oxygen atoms in total. The predicted molar refractivity (Wildman–Crippen MR) is 73.5 cm³/mol. The molecule has 0 aromatic heterocycles. The van der Waals surface area contributed by atoms with Crippen LogP contribution in [0.15, 0.2) is 26.7 Å². The van der Waals surface area contributed by atoms with Gasteiger partial charge >= 0.3 is 0 Å². The molecule has 1 unspecified atom stereocenters. The summed E-state index contributed by atoms with van der Waals surface area (Å²) in [5, 5.41) is 3.89. The monoisotopic (exact) mass is 331 g/mol. The second kappa shape index (κ2) is 4.66. The van der Waals surface area contributed by atoms with Crippen molar-refractivity contribution in [2.24, 2.45) is 5.16 Å². The first-order valence-corrected chi connectivity index (χ1v) is 8.17. The maximum absolute atomic E-state index is 11.8. The molecular weight excluding hydrogens is 318 g/mol. The Morgan fingerprint density at radius 2 is 2.06 bits per heavy atom. The van der Waals surface area contributed by atoms with Crippen LogP contribution in [0.2, 0.25) is 0 Å². The molecule has 0 radical (unpaired) electrons. The van der Waals surface area contributed by atoms with Crippen LogP contribution in [-0.2, 0) is 14.7 Å². The molecule has 2 rings (SSSR count). The quantitative estimate of drug-likeness (QED) is 0.837. The fourth-order valence-corrected chi connectivity index (χ4v) is 3.40. The molecule has 0 amide bonds. The van der Waals surface area contributed by atoms with Gasteiger partial charge in [-0.2, -0.15) is 0 Å². The van der Waals surface area contributed by atoms with E-state index >= 15 is 0 Å². The van der Waals surface area contributed by atoms with Gasteiger partial charge in [-0.15, -0.1) is 0 Å². The van der Waals surface area contributed by atoms with Gasteiger partial charge in [0.1, 0.15) is 0 Å². The Bertz CT molecular complexity index is 622. The number of sulfone groups is 1. The van der Waals surface area contributed by atoms with Crippen LogP contribution in [0.4, 0.5) is 0 Å². The molecule has 0 saturated carbocycles. The molecule has 0 fully saturated rings. The van der Waals surface area contributed by atoms with Crippen molar-refractivity contribution >= 4 is 31.5 Å². The summed E-state index contributed by atoms with van der Waals surface area (Å²) in [5.74, 6) is 0. The maximum Gasteiger partial charge on any atom is 0.175 e. The summed E-state index contributed by atoms with van der Waals surface area (Å²) in [7, 11) is -3.28. The van der Waals surface area contributed by atoms with E-state index in [2.05, 4.69) is 21.1 Å². The summed E-state index contributed by atoms with van der Waals surface area (Å²) in [5.41, 5.74) is 2.46. The summed E-state index contributed by atoms with van der Waals surface area (Å²) in [6.07, 6.45) is 1.52. The third-order valence-electron chi connectivity index (χ3n) is 2.95. The zero-order chi connectivity index (χ0) is 13.5. The molecule has 0 saturated heterocycles. The molecule has 6 heteroatoms. The minimum Gasteiger partial charge on any atom is -0.387 e. The molecule has 0 N–H and O–H groups in total. The van der Waals surface area contributed by atoms with Crippen molar-refractivity contribution in [3.05, 3.63) is 27.7 Å². The van der Waals surface area contributed by atoms with E-state index in [0.29, 0.717) is 16.9 Å². The Kier molecular flexibility index (Phi) is 3.51. The van der Waals surface area contributed by atoms with Gasteiger partial charge in [0, 0.05) is 22.7 Å². The Morgan fingerprint density at radius 3 is 2.56 bits per heavy atom. The first-order chi connectivity index (χ1) is 8.30. The molecule has 0 spiro atoms. The number of rotatable bonds is 2. The van der Waals surface area contributed by atoms with E-state index in [4.69, 9.17) is 4.84 Å². The third kappa shape index (κ3) is 2.44. The van der Waals surface area contributed by atoms with Crippen LogP contribution in [0.1, 0.15) is 30.6 Å². The van der Waals surface area contributed by atoms with Gasteiger partial charge < -0.3 is 4.84 Å². The molecule has 0 bridgehead atoms. The van der Waals surface area contributed by atoms with Gasteiger partial charge in [0.05, 0.1) is 10.6 Å². The summed E-state index contributed by atoms with van der Waals surface area (Å²) in [4.78, 5) is 5.64. The first kappa shape index (κ1) is 13.5. The number of oxime groups is 1. The number of benzene rings is 1. The van der Waals surface area contributed by atoms with E-state index < -0.39 is 9.84 Å². The summed E-state index contributed by atoms with van der Waals surface area (Å²) >= 11 is 3.42. The van der Waals surface area contributed by atoms with Gasteiger partial charge in [0.15, 0.2) is 15.9 Å². The smallest absolute Gasteiger partial charge is 0.175 e. The number of halogens is 1.